The van der Waals surface area contributed by atoms with E-state index in [4.69, 9.17) is 12.2 Å². The van der Waals surface area contributed by atoms with E-state index in [9.17, 15) is 0 Å². The molecular formula is C12H15N5S. The van der Waals surface area contributed by atoms with Crippen molar-refractivity contribution in [2.24, 2.45) is 0 Å². The molecule has 0 aliphatic rings. The molecule has 2 rings (SSSR count). The second-order valence-electron chi connectivity index (χ2n) is 3.78. The number of rotatable bonds is 5. The van der Waals surface area contributed by atoms with Crippen molar-refractivity contribution in [1.82, 2.24) is 19.9 Å². The molecule has 0 aliphatic heterocycles. The second kappa shape index (κ2) is 6.70. The number of thiocarbonyl (C=S) groups is 1. The van der Waals surface area contributed by atoms with Gasteiger partial charge in [-0.3, -0.25) is 4.98 Å². The van der Waals surface area contributed by atoms with Gasteiger partial charge in [0.05, 0.1) is 18.2 Å². The van der Waals surface area contributed by atoms with Crippen LogP contribution in [-0.4, -0.2) is 26.2 Å². The van der Waals surface area contributed by atoms with Crippen molar-refractivity contribution in [2.45, 2.75) is 13.0 Å². The van der Waals surface area contributed by atoms with Gasteiger partial charge in [-0.15, -0.1) is 0 Å². The lowest BCUT2D eigenvalue weighted by atomic mass is 10.4. The summed E-state index contributed by atoms with van der Waals surface area (Å²) in [6, 6.07) is 3.79. The highest BCUT2D eigenvalue weighted by Gasteiger charge is 1.96. The Morgan fingerprint density at radius 1 is 1.33 bits per heavy atom. The Bertz CT molecular complexity index is 468. The first-order chi connectivity index (χ1) is 8.84. The molecule has 0 amide bonds. The summed E-state index contributed by atoms with van der Waals surface area (Å²) in [6.07, 6.45) is 10.00. The smallest absolute Gasteiger partial charge is 0.170 e. The van der Waals surface area contributed by atoms with Crippen molar-refractivity contribution in [3.8, 4) is 0 Å². The maximum absolute atomic E-state index is 5.18. The Balaban J connectivity index is 1.63. The molecular weight excluding hydrogens is 246 g/mol. The Hall–Kier alpha value is -1.95. The van der Waals surface area contributed by atoms with Crippen LogP contribution in [0.4, 0.5) is 5.69 Å². The van der Waals surface area contributed by atoms with Gasteiger partial charge >= 0.3 is 0 Å². The molecule has 5 nitrogen and oxygen atoms in total. The van der Waals surface area contributed by atoms with E-state index in [0.29, 0.717) is 5.11 Å². The summed E-state index contributed by atoms with van der Waals surface area (Å²) in [5, 5.41) is 6.85. The molecule has 2 N–H and O–H groups in total. The lowest BCUT2D eigenvalue weighted by Crippen LogP contribution is -2.29. The molecule has 0 saturated heterocycles. The number of pyridine rings is 1. The van der Waals surface area contributed by atoms with Crippen molar-refractivity contribution in [3.63, 3.8) is 0 Å². The molecule has 0 saturated carbocycles. The van der Waals surface area contributed by atoms with Crippen LogP contribution in [0.5, 0.6) is 0 Å². The maximum atomic E-state index is 5.18. The van der Waals surface area contributed by atoms with Crippen molar-refractivity contribution in [3.05, 3.63) is 43.2 Å². The van der Waals surface area contributed by atoms with Crippen LogP contribution in [0, 0.1) is 0 Å². The minimum absolute atomic E-state index is 0.619. The van der Waals surface area contributed by atoms with Gasteiger partial charge in [0.15, 0.2) is 5.11 Å². The minimum atomic E-state index is 0.619. The van der Waals surface area contributed by atoms with Gasteiger partial charge in [0, 0.05) is 31.7 Å². The van der Waals surface area contributed by atoms with Gasteiger partial charge in [0.1, 0.15) is 0 Å². The van der Waals surface area contributed by atoms with Crippen LogP contribution in [-0.2, 0) is 6.54 Å². The quantitative estimate of drug-likeness (QED) is 0.633. The van der Waals surface area contributed by atoms with E-state index < -0.39 is 0 Å². The number of hydrogen-bond acceptors (Lipinski definition) is 3. The van der Waals surface area contributed by atoms with E-state index in [1.807, 2.05) is 29.2 Å². The molecule has 0 bridgehead atoms. The van der Waals surface area contributed by atoms with Crippen LogP contribution < -0.4 is 10.6 Å². The number of aryl methyl sites for hydroxylation is 1. The number of imidazole rings is 1. The van der Waals surface area contributed by atoms with E-state index >= 15 is 0 Å². The number of aromatic nitrogens is 3. The van der Waals surface area contributed by atoms with Crippen LogP contribution in [0.3, 0.4) is 0 Å². The summed E-state index contributed by atoms with van der Waals surface area (Å²) >= 11 is 5.18. The zero-order valence-electron chi connectivity index (χ0n) is 9.91. The van der Waals surface area contributed by atoms with E-state index in [2.05, 4.69) is 20.6 Å². The Morgan fingerprint density at radius 3 is 3.00 bits per heavy atom. The van der Waals surface area contributed by atoms with Crippen LogP contribution >= 0.6 is 12.2 Å². The normalized spacial score (nSPS) is 10.0. The summed E-state index contributed by atoms with van der Waals surface area (Å²) in [7, 11) is 0. The lowest BCUT2D eigenvalue weighted by Gasteiger charge is -2.10. The molecule has 2 heterocycles. The van der Waals surface area contributed by atoms with E-state index in [1.54, 1.807) is 18.6 Å². The third-order valence-corrected chi connectivity index (χ3v) is 2.60. The molecule has 0 atom stereocenters. The molecule has 0 aliphatic carbocycles. The van der Waals surface area contributed by atoms with Gasteiger partial charge < -0.3 is 15.2 Å². The average Bonchev–Trinajstić information content (AvgIpc) is 2.89. The SMILES string of the molecule is S=C(NCCCn1ccnc1)Nc1cccnc1. The Kier molecular flexibility index (Phi) is 4.66. The fourth-order valence-corrected chi connectivity index (χ4v) is 1.71. The highest BCUT2D eigenvalue weighted by Crippen LogP contribution is 2.01. The average molecular weight is 261 g/mol. The highest BCUT2D eigenvalue weighted by molar-refractivity contribution is 7.80. The molecule has 18 heavy (non-hydrogen) atoms. The van der Waals surface area contributed by atoms with E-state index in [0.717, 1.165) is 25.2 Å². The largest absolute Gasteiger partial charge is 0.362 e. The zero-order chi connectivity index (χ0) is 12.6. The molecule has 6 heteroatoms. The van der Waals surface area contributed by atoms with Crippen LogP contribution in [0.25, 0.3) is 0 Å². The first kappa shape index (κ1) is 12.5. The third-order valence-electron chi connectivity index (χ3n) is 2.36. The minimum Gasteiger partial charge on any atom is -0.362 e. The summed E-state index contributed by atoms with van der Waals surface area (Å²) in [5.41, 5.74) is 0.893. The zero-order valence-corrected chi connectivity index (χ0v) is 10.7. The van der Waals surface area contributed by atoms with Crippen molar-refractivity contribution in [1.29, 1.82) is 0 Å². The standard InChI is InChI=1S/C12H15N5S/c18-12(16-11-3-1-4-13-9-11)15-5-2-7-17-8-6-14-10-17/h1,3-4,6,8-10H,2,5,7H2,(H2,15,16,18). The first-order valence-corrected chi connectivity index (χ1v) is 6.16. The third kappa shape index (κ3) is 4.14. The summed E-state index contributed by atoms with van der Waals surface area (Å²) in [4.78, 5) is 8.00. The van der Waals surface area contributed by atoms with Crippen molar-refractivity contribution in [2.75, 3.05) is 11.9 Å². The fraction of sp³-hybridized carbons (Fsp3) is 0.250. The molecule has 0 radical (unpaired) electrons. The van der Waals surface area contributed by atoms with Gasteiger partial charge in [0.25, 0.3) is 0 Å². The van der Waals surface area contributed by atoms with Crippen LogP contribution in [0.15, 0.2) is 43.2 Å². The summed E-state index contributed by atoms with van der Waals surface area (Å²) < 4.78 is 2.04. The molecule has 0 unspecified atom stereocenters. The maximum Gasteiger partial charge on any atom is 0.170 e. The van der Waals surface area contributed by atoms with Crippen molar-refractivity contribution < 1.29 is 0 Å². The van der Waals surface area contributed by atoms with Crippen LogP contribution in [0.1, 0.15) is 6.42 Å². The number of nitrogens with zero attached hydrogens (tertiary/aromatic N) is 3. The van der Waals surface area contributed by atoms with Crippen molar-refractivity contribution >= 4 is 23.0 Å². The summed E-state index contributed by atoms with van der Waals surface area (Å²) in [5.74, 6) is 0. The summed E-state index contributed by atoms with van der Waals surface area (Å²) in [6.45, 7) is 1.76. The Morgan fingerprint density at radius 2 is 2.28 bits per heavy atom. The fourth-order valence-electron chi connectivity index (χ4n) is 1.49. The molecule has 0 spiro atoms. The highest BCUT2D eigenvalue weighted by atomic mass is 32.1. The molecule has 2 aromatic heterocycles. The molecule has 0 aromatic carbocycles. The van der Waals surface area contributed by atoms with Gasteiger partial charge in [-0.1, -0.05) is 0 Å². The monoisotopic (exact) mass is 261 g/mol. The van der Waals surface area contributed by atoms with Gasteiger partial charge in [-0.2, -0.15) is 0 Å². The first-order valence-electron chi connectivity index (χ1n) is 5.75. The number of nitrogens with one attached hydrogen (secondary N) is 2. The number of hydrogen-bond donors (Lipinski definition) is 2. The molecule has 2 aromatic rings. The van der Waals surface area contributed by atoms with Gasteiger partial charge in [0.2, 0.25) is 0 Å². The predicted molar refractivity (Wildman–Crippen MR) is 75.3 cm³/mol. The van der Waals surface area contributed by atoms with Gasteiger partial charge in [-0.25, -0.2) is 4.98 Å². The van der Waals surface area contributed by atoms with E-state index in [-0.39, 0.29) is 0 Å². The van der Waals surface area contributed by atoms with Crippen LogP contribution in [0.2, 0.25) is 0 Å². The molecule has 94 valence electrons. The second-order valence-corrected chi connectivity index (χ2v) is 4.18. The topological polar surface area (TPSA) is 54.8 Å². The van der Waals surface area contributed by atoms with E-state index in [1.165, 1.54) is 0 Å². The Labute approximate surface area is 111 Å². The lowest BCUT2D eigenvalue weighted by molar-refractivity contribution is 0.632. The number of anilines is 1. The predicted octanol–water partition coefficient (Wildman–Crippen LogP) is 1.65. The van der Waals surface area contributed by atoms with Gasteiger partial charge in [-0.05, 0) is 30.8 Å². The molecule has 0 fully saturated rings.